The van der Waals surface area contributed by atoms with Gasteiger partial charge in [-0.05, 0) is 151 Å². The van der Waals surface area contributed by atoms with Gasteiger partial charge in [-0.2, -0.15) is 0 Å². The van der Waals surface area contributed by atoms with Crippen molar-refractivity contribution in [3.8, 4) is 45.6 Å². The van der Waals surface area contributed by atoms with Gasteiger partial charge in [-0.15, -0.1) is 0 Å². The van der Waals surface area contributed by atoms with Crippen LogP contribution in [0.1, 0.15) is 101 Å². The van der Waals surface area contributed by atoms with Gasteiger partial charge in [0, 0.05) is 0 Å². The molecule has 0 amide bonds. The fourth-order valence-corrected chi connectivity index (χ4v) is 6.28. The van der Waals surface area contributed by atoms with Gasteiger partial charge in [-0.1, -0.05) is 77.6 Å². The highest BCUT2D eigenvalue weighted by molar-refractivity contribution is 5.94. The summed E-state index contributed by atoms with van der Waals surface area (Å²) in [6.45, 7) is 9.82. The minimum absolute atomic E-state index is 0.273. The van der Waals surface area contributed by atoms with Crippen molar-refractivity contribution in [3.05, 3.63) is 168 Å². The lowest BCUT2D eigenvalue weighted by atomic mass is 10.0. The van der Waals surface area contributed by atoms with Crippen molar-refractivity contribution in [1.29, 1.82) is 0 Å². The molecule has 10 heteroatoms. The molecule has 10 nitrogen and oxygen atoms in total. The third-order valence-corrected chi connectivity index (χ3v) is 10.5. The average molecular weight is 849 g/mol. The normalized spacial score (nSPS) is 11.7. The summed E-state index contributed by atoms with van der Waals surface area (Å²) in [5, 5.41) is 0. The van der Waals surface area contributed by atoms with E-state index in [1.165, 1.54) is 55.0 Å². The predicted molar refractivity (Wildman–Crippen MR) is 241 cm³/mol. The molecule has 0 heterocycles. The van der Waals surface area contributed by atoms with Crippen LogP contribution in [0, 0.1) is 11.8 Å². The minimum atomic E-state index is -0.583. The fraction of sp³-hybridized carbons (Fsp3) is 0.245. The zero-order chi connectivity index (χ0) is 44.6. The maximum atomic E-state index is 13.0. The van der Waals surface area contributed by atoms with Crippen LogP contribution < -0.4 is 28.4 Å². The van der Waals surface area contributed by atoms with E-state index in [-0.39, 0.29) is 22.6 Å². The molecule has 324 valence electrons. The highest BCUT2D eigenvalue weighted by atomic mass is 16.5. The van der Waals surface area contributed by atoms with Gasteiger partial charge in [0.25, 0.3) is 0 Å². The van der Waals surface area contributed by atoms with Gasteiger partial charge in [0.2, 0.25) is 0 Å². The Balaban J connectivity index is 0.960. The summed E-state index contributed by atoms with van der Waals surface area (Å²) in [6.07, 6.45) is 5.56. The summed E-state index contributed by atoms with van der Waals surface area (Å²) in [5.74, 6) is 1.33. The standard InChI is InChI=1S/C53H52O10/c1-5-8-10-37(7-3)35-59-45-25-17-40(18-26-45)51(55)61-47-29-19-41(20-30-47)52(56)60-46-27-13-38(14-28-46)43-11-9-12-49(33-43)63-53(57)42-21-31-48(32-22-42)62-50(54)39-15-23-44(24-16-39)58-34-36(4)6-2/h9,11-33,36-37H,5-8,10,34-35H2,1-4H3/t36-,37?/m0/s1. The van der Waals surface area contributed by atoms with Crippen molar-refractivity contribution in [3.63, 3.8) is 0 Å². The molecule has 0 N–H and O–H groups in total. The Morgan fingerprint density at radius 1 is 0.429 bits per heavy atom. The van der Waals surface area contributed by atoms with E-state index in [9.17, 15) is 19.2 Å². The van der Waals surface area contributed by atoms with Gasteiger partial charge in [0.1, 0.15) is 34.5 Å². The molecule has 0 fully saturated rings. The minimum Gasteiger partial charge on any atom is -0.493 e. The molecule has 6 rings (SSSR count). The molecule has 0 aromatic heterocycles. The van der Waals surface area contributed by atoms with Crippen molar-refractivity contribution in [2.45, 2.75) is 59.8 Å². The lowest BCUT2D eigenvalue weighted by molar-refractivity contribution is 0.0720. The van der Waals surface area contributed by atoms with Crippen molar-refractivity contribution >= 4 is 23.9 Å². The van der Waals surface area contributed by atoms with E-state index >= 15 is 0 Å². The molecule has 0 bridgehead atoms. The SMILES string of the molecule is CCCCC(CC)COc1ccc(C(=O)Oc2ccc(C(=O)Oc3ccc(-c4cccc(OC(=O)c5ccc(OC(=O)c6ccc(OC[C@@H](C)CC)cc6)cc5)c4)cc3)cc2)cc1. The summed E-state index contributed by atoms with van der Waals surface area (Å²) >= 11 is 0. The summed E-state index contributed by atoms with van der Waals surface area (Å²) in [7, 11) is 0. The van der Waals surface area contributed by atoms with Crippen molar-refractivity contribution in [2.24, 2.45) is 11.8 Å². The number of carbonyl (C=O) groups excluding carboxylic acids is 4. The van der Waals surface area contributed by atoms with Gasteiger partial charge < -0.3 is 28.4 Å². The predicted octanol–water partition coefficient (Wildman–Crippen LogP) is 12.3. The van der Waals surface area contributed by atoms with E-state index < -0.39 is 23.9 Å². The molecule has 0 aliphatic carbocycles. The summed E-state index contributed by atoms with van der Waals surface area (Å²) < 4.78 is 34.0. The van der Waals surface area contributed by atoms with E-state index in [1.54, 1.807) is 91.0 Å². The number of hydrogen-bond acceptors (Lipinski definition) is 10. The second-order valence-electron chi connectivity index (χ2n) is 15.3. The fourth-order valence-electron chi connectivity index (χ4n) is 6.28. The van der Waals surface area contributed by atoms with Crippen LogP contribution in [0.15, 0.2) is 146 Å². The van der Waals surface area contributed by atoms with Crippen LogP contribution in [0.3, 0.4) is 0 Å². The van der Waals surface area contributed by atoms with Crippen LogP contribution >= 0.6 is 0 Å². The third kappa shape index (κ3) is 13.4. The van der Waals surface area contributed by atoms with Crippen molar-refractivity contribution in [2.75, 3.05) is 13.2 Å². The van der Waals surface area contributed by atoms with Crippen LogP contribution in [-0.4, -0.2) is 37.1 Å². The monoisotopic (exact) mass is 848 g/mol. The van der Waals surface area contributed by atoms with E-state index in [0.29, 0.717) is 59.2 Å². The first kappa shape index (κ1) is 45.3. The third-order valence-electron chi connectivity index (χ3n) is 10.5. The average Bonchev–Trinajstić information content (AvgIpc) is 3.31. The van der Waals surface area contributed by atoms with Gasteiger partial charge in [-0.3, -0.25) is 0 Å². The van der Waals surface area contributed by atoms with Crippen LogP contribution in [0.4, 0.5) is 0 Å². The van der Waals surface area contributed by atoms with Crippen LogP contribution in [0.5, 0.6) is 34.5 Å². The molecule has 0 aliphatic heterocycles. The topological polar surface area (TPSA) is 124 Å². The lowest BCUT2D eigenvalue weighted by Gasteiger charge is -2.15. The first-order valence-electron chi connectivity index (χ1n) is 21.4. The number of hydrogen-bond donors (Lipinski definition) is 0. The molecule has 6 aromatic carbocycles. The first-order chi connectivity index (χ1) is 30.6. The van der Waals surface area contributed by atoms with E-state index in [2.05, 4.69) is 27.7 Å². The number of benzene rings is 6. The number of rotatable bonds is 20. The Morgan fingerprint density at radius 2 is 0.825 bits per heavy atom. The van der Waals surface area contributed by atoms with Crippen molar-refractivity contribution in [1.82, 2.24) is 0 Å². The Kier molecular flexibility index (Phi) is 16.3. The molecule has 2 atom stereocenters. The summed E-state index contributed by atoms with van der Waals surface area (Å²) in [6, 6.07) is 39.8. The highest BCUT2D eigenvalue weighted by Crippen LogP contribution is 2.28. The largest absolute Gasteiger partial charge is 0.493 e. The quantitative estimate of drug-likeness (QED) is 0.0542. The Labute approximate surface area is 368 Å². The molecule has 0 saturated heterocycles. The molecule has 0 saturated carbocycles. The number of esters is 4. The molecule has 0 spiro atoms. The summed E-state index contributed by atoms with van der Waals surface area (Å²) in [5.41, 5.74) is 2.87. The lowest BCUT2D eigenvalue weighted by Crippen LogP contribution is -2.12. The summed E-state index contributed by atoms with van der Waals surface area (Å²) in [4.78, 5) is 51.4. The molecule has 0 radical (unpaired) electrons. The Bertz CT molecular complexity index is 2420. The second-order valence-corrected chi connectivity index (χ2v) is 15.3. The molecule has 0 aliphatic rings. The molecule has 6 aromatic rings. The van der Waals surface area contributed by atoms with Crippen LogP contribution in [0.2, 0.25) is 0 Å². The molecular weight excluding hydrogens is 797 g/mol. The smallest absolute Gasteiger partial charge is 0.343 e. The van der Waals surface area contributed by atoms with Gasteiger partial charge in [0.15, 0.2) is 0 Å². The zero-order valence-electron chi connectivity index (χ0n) is 36.0. The van der Waals surface area contributed by atoms with Crippen LogP contribution in [-0.2, 0) is 0 Å². The van der Waals surface area contributed by atoms with Crippen molar-refractivity contribution < 1.29 is 47.6 Å². The Hall–Kier alpha value is -7.20. The Morgan fingerprint density at radius 3 is 1.24 bits per heavy atom. The van der Waals surface area contributed by atoms with E-state index in [1.807, 2.05) is 6.07 Å². The van der Waals surface area contributed by atoms with Gasteiger partial charge >= 0.3 is 23.9 Å². The number of carbonyl (C=O) groups is 4. The number of unbranched alkanes of at least 4 members (excludes halogenated alkanes) is 1. The first-order valence-corrected chi connectivity index (χ1v) is 21.4. The molecule has 63 heavy (non-hydrogen) atoms. The van der Waals surface area contributed by atoms with Gasteiger partial charge in [0.05, 0.1) is 35.5 Å². The molecule has 1 unspecified atom stereocenters. The highest BCUT2D eigenvalue weighted by Gasteiger charge is 2.16. The molecular formula is C53H52O10. The van der Waals surface area contributed by atoms with Crippen LogP contribution in [0.25, 0.3) is 11.1 Å². The van der Waals surface area contributed by atoms with E-state index in [0.717, 1.165) is 36.8 Å². The second kappa shape index (κ2) is 22.6. The zero-order valence-corrected chi connectivity index (χ0v) is 36.0. The maximum absolute atomic E-state index is 13.0. The van der Waals surface area contributed by atoms with Gasteiger partial charge in [-0.25, -0.2) is 19.2 Å². The number of ether oxygens (including phenoxy) is 6. The van der Waals surface area contributed by atoms with E-state index in [4.69, 9.17) is 28.4 Å². The maximum Gasteiger partial charge on any atom is 0.343 e.